The molecule has 1 amide bonds. The van der Waals surface area contributed by atoms with Crippen LogP contribution in [0.5, 0.6) is 0 Å². The molecule has 0 spiro atoms. The van der Waals surface area contributed by atoms with Crippen LogP contribution in [-0.4, -0.2) is 37.8 Å². The predicted molar refractivity (Wildman–Crippen MR) is 86.9 cm³/mol. The maximum absolute atomic E-state index is 11.9. The average molecular weight is 310 g/mol. The van der Waals surface area contributed by atoms with E-state index >= 15 is 0 Å². The van der Waals surface area contributed by atoms with E-state index in [-0.39, 0.29) is 5.91 Å². The fraction of sp³-hybridized carbons (Fsp3) is 0.429. The number of hydrogen-bond donors (Lipinski definition) is 2. The third-order valence-electron chi connectivity index (χ3n) is 2.91. The molecule has 0 fully saturated rings. The number of nitrogens with one attached hydrogen (secondary N) is 2. The van der Waals surface area contributed by atoms with Gasteiger partial charge in [0, 0.05) is 18.5 Å². The zero-order valence-electron chi connectivity index (χ0n) is 12.0. The Kier molecular flexibility index (Phi) is 5.39. The van der Waals surface area contributed by atoms with Crippen LogP contribution in [0.15, 0.2) is 22.5 Å². The maximum Gasteiger partial charge on any atom is 0.224 e. The molecule has 2 N–H and O–H groups in total. The smallest absolute Gasteiger partial charge is 0.224 e. The standard InChI is InChI=1S/C14H19N3OS2/c1-17(2)8-4-5-13(18)15-10-6-7-11-12(9-10)20-14(16-11)19-3/h6-7,9H,4-5,8H2,1-3H3,(H,15,18)/p+1. The number of anilines is 1. The van der Waals surface area contributed by atoms with Crippen molar-refractivity contribution in [2.75, 3.05) is 32.2 Å². The SMILES string of the molecule is CSc1nc2ccc(NC(=O)CCC[NH+](C)C)cc2s1. The molecule has 0 aliphatic rings. The van der Waals surface area contributed by atoms with Crippen LogP contribution in [0.3, 0.4) is 0 Å². The summed E-state index contributed by atoms with van der Waals surface area (Å²) in [6.07, 6.45) is 3.50. The van der Waals surface area contributed by atoms with Crippen molar-refractivity contribution in [3.8, 4) is 0 Å². The summed E-state index contributed by atoms with van der Waals surface area (Å²) in [5, 5.41) is 2.96. The third-order valence-corrected chi connectivity index (χ3v) is 4.91. The molecule has 2 rings (SSSR count). The first-order valence-electron chi connectivity index (χ1n) is 6.62. The fourth-order valence-electron chi connectivity index (χ4n) is 1.89. The van der Waals surface area contributed by atoms with Crippen LogP contribution in [0.2, 0.25) is 0 Å². The van der Waals surface area contributed by atoms with Crippen LogP contribution < -0.4 is 10.2 Å². The number of benzene rings is 1. The second kappa shape index (κ2) is 7.06. The Balaban J connectivity index is 1.97. The Morgan fingerprint density at radius 3 is 2.95 bits per heavy atom. The molecule has 2 aromatic rings. The Labute approximate surface area is 127 Å². The third kappa shape index (κ3) is 4.19. The summed E-state index contributed by atoms with van der Waals surface area (Å²) in [6, 6.07) is 5.88. The number of quaternary nitrogens is 1. The summed E-state index contributed by atoms with van der Waals surface area (Å²) in [6.45, 7) is 1.01. The van der Waals surface area contributed by atoms with Crippen molar-refractivity contribution in [1.82, 2.24) is 4.98 Å². The highest BCUT2D eigenvalue weighted by Crippen LogP contribution is 2.29. The fourth-order valence-corrected chi connectivity index (χ4v) is 3.42. The van der Waals surface area contributed by atoms with Crippen molar-refractivity contribution in [3.05, 3.63) is 18.2 Å². The van der Waals surface area contributed by atoms with E-state index in [1.54, 1.807) is 23.1 Å². The van der Waals surface area contributed by atoms with Gasteiger partial charge >= 0.3 is 0 Å². The lowest BCUT2D eigenvalue weighted by Gasteiger charge is -2.07. The van der Waals surface area contributed by atoms with Gasteiger partial charge in [-0.25, -0.2) is 4.98 Å². The molecule has 1 heterocycles. The van der Waals surface area contributed by atoms with Crippen molar-refractivity contribution in [3.63, 3.8) is 0 Å². The minimum absolute atomic E-state index is 0.0835. The maximum atomic E-state index is 11.9. The summed E-state index contributed by atoms with van der Waals surface area (Å²) < 4.78 is 2.17. The van der Waals surface area contributed by atoms with Crippen molar-refractivity contribution >= 4 is 44.9 Å². The van der Waals surface area contributed by atoms with Gasteiger partial charge in [-0.05, 0) is 24.5 Å². The monoisotopic (exact) mass is 310 g/mol. The lowest BCUT2D eigenvalue weighted by atomic mass is 10.2. The molecule has 0 atom stereocenters. The highest BCUT2D eigenvalue weighted by atomic mass is 32.2. The van der Waals surface area contributed by atoms with E-state index in [1.807, 2.05) is 24.5 Å². The number of aromatic nitrogens is 1. The van der Waals surface area contributed by atoms with E-state index in [9.17, 15) is 4.79 Å². The number of amides is 1. The second-order valence-corrected chi connectivity index (χ2v) is 7.06. The molecule has 0 radical (unpaired) electrons. The summed E-state index contributed by atoms with van der Waals surface area (Å²) >= 11 is 3.30. The quantitative estimate of drug-likeness (QED) is 0.801. The number of carbonyl (C=O) groups excluding carboxylic acids is 1. The number of thiazole rings is 1. The van der Waals surface area contributed by atoms with Gasteiger partial charge in [-0.2, -0.15) is 0 Å². The number of fused-ring (bicyclic) bond motifs is 1. The van der Waals surface area contributed by atoms with Crippen LogP contribution in [-0.2, 0) is 4.79 Å². The lowest BCUT2D eigenvalue weighted by molar-refractivity contribution is -0.858. The molecule has 0 unspecified atom stereocenters. The lowest BCUT2D eigenvalue weighted by Crippen LogP contribution is -3.05. The van der Waals surface area contributed by atoms with Gasteiger partial charge in [-0.15, -0.1) is 11.3 Å². The van der Waals surface area contributed by atoms with Gasteiger partial charge in [0.15, 0.2) is 4.34 Å². The highest BCUT2D eigenvalue weighted by molar-refractivity contribution is 8.00. The van der Waals surface area contributed by atoms with Gasteiger partial charge in [0.1, 0.15) is 0 Å². The van der Waals surface area contributed by atoms with E-state index < -0.39 is 0 Å². The van der Waals surface area contributed by atoms with Crippen LogP contribution in [0.4, 0.5) is 5.69 Å². The van der Waals surface area contributed by atoms with E-state index in [2.05, 4.69) is 24.4 Å². The summed E-state index contributed by atoms with van der Waals surface area (Å²) in [7, 11) is 4.19. The van der Waals surface area contributed by atoms with Crippen molar-refractivity contribution in [1.29, 1.82) is 0 Å². The van der Waals surface area contributed by atoms with E-state index in [0.717, 1.165) is 33.2 Å². The van der Waals surface area contributed by atoms with Gasteiger partial charge in [0.05, 0.1) is 30.9 Å². The number of hydrogen-bond acceptors (Lipinski definition) is 4. The van der Waals surface area contributed by atoms with Gasteiger partial charge in [-0.1, -0.05) is 11.8 Å². The highest BCUT2D eigenvalue weighted by Gasteiger charge is 2.07. The zero-order valence-corrected chi connectivity index (χ0v) is 13.7. The summed E-state index contributed by atoms with van der Waals surface area (Å²) in [4.78, 5) is 17.7. The van der Waals surface area contributed by atoms with Crippen LogP contribution in [0.25, 0.3) is 10.2 Å². The first kappa shape index (κ1) is 15.3. The molecule has 0 bridgehead atoms. The van der Waals surface area contributed by atoms with Gasteiger partial charge < -0.3 is 10.2 Å². The Morgan fingerprint density at radius 1 is 1.45 bits per heavy atom. The van der Waals surface area contributed by atoms with Crippen LogP contribution in [0, 0.1) is 0 Å². The first-order chi connectivity index (χ1) is 9.58. The molecule has 108 valence electrons. The molecule has 4 nitrogen and oxygen atoms in total. The van der Waals surface area contributed by atoms with Gasteiger partial charge in [0.2, 0.25) is 5.91 Å². The molecule has 20 heavy (non-hydrogen) atoms. The minimum Gasteiger partial charge on any atom is -0.340 e. The Hall–Kier alpha value is -1.11. The Morgan fingerprint density at radius 2 is 2.25 bits per heavy atom. The van der Waals surface area contributed by atoms with E-state index in [0.29, 0.717) is 6.42 Å². The molecular weight excluding hydrogens is 290 g/mol. The van der Waals surface area contributed by atoms with Gasteiger partial charge in [0.25, 0.3) is 0 Å². The van der Waals surface area contributed by atoms with Crippen LogP contribution >= 0.6 is 23.1 Å². The van der Waals surface area contributed by atoms with Gasteiger partial charge in [-0.3, -0.25) is 4.79 Å². The molecule has 0 saturated heterocycles. The summed E-state index contributed by atoms with van der Waals surface area (Å²) in [5.74, 6) is 0.0835. The second-order valence-electron chi connectivity index (χ2n) is 4.98. The first-order valence-corrected chi connectivity index (χ1v) is 8.66. The van der Waals surface area contributed by atoms with Crippen LogP contribution in [0.1, 0.15) is 12.8 Å². The number of nitrogens with zero attached hydrogens (tertiary/aromatic N) is 1. The molecule has 6 heteroatoms. The predicted octanol–water partition coefficient (Wildman–Crippen LogP) is 1.88. The normalized spacial score (nSPS) is 11.2. The molecular formula is C14H20N3OS2+. The van der Waals surface area contributed by atoms with Crippen molar-refractivity contribution < 1.29 is 9.69 Å². The largest absolute Gasteiger partial charge is 0.340 e. The van der Waals surface area contributed by atoms with E-state index in [4.69, 9.17) is 0 Å². The van der Waals surface area contributed by atoms with Crippen molar-refractivity contribution in [2.45, 2.75) is 17.2 Å². The molecule has 1 aromatic heterocycles. The molecule has 1 aromatic carbocycles. The number of carbonyl (C=O) groups is 1. The zero-order chi connectivity index (χ0) is 14.5. The number of rotatable bonds is 6. The number of thioether (sulfide) groups is 1. The average Bonchev–Trinajstić information content (AvgIpc) is 2.80. The molecule has 0 saturated carbocycles. The Bertz CT molecular complexity index is 595. The molecule has 0 aliphatic carbocycles. The topological polar surface area (TPSA) is 46.4 Å². The molecule has 0 aliphatic heterocycles. The summed E-state index contributed by atoms with van der Waals surface area (Å²) in [5.41, 5.74) is 1.85. The van der Waals surface area contributed by atoms with E-state index in [1.165, 1.54) is 4.90 Å². The van der Waals surface area contributed by atoms with Crippen molar-refractivity contribution in [2.24, 2.45) is 0 Å². The minimum atomic E-state index is 0.0835.